The predicted octanol–water partition coefficient (Wildman–Crippen LogP) is 5.23. The van der Waals surface area contributed by atoms with E-state index in [1.165, 1.54) is 5.56 Å². The fourth-order valence-electron chi connectivity index (χ4n) is 1.88. The van der Waals surface area contributed by atoms with Crippen molar-refractivity contribution in [2.45, 2.75) is 39.4 Å². The molecule has 17 heavy (non-hydrogen) atoms. The molecule has 1 aromatic carbocycles. The molecule has 0 aliphatic heterocycles. The molecule has 96 valence electrons. The monoisotopic (exact) mass is 318 g/mol. The van der Waals surface area contributed by atoms with E-state index in [-0.39, 0.29) is 12.2 Å². The van der Waals surface area contributed by atoms with E-state index < -0.39 is 0 Å². The molecule has 0 N–H and O–H groups in total. The summed E-state index contributed by atoms with van der Waals surface area (Å²) in [5, 5.41) is 1.56. The van der Waals surface area contributed by atoms with Crippen LogP contribution in [-0.2, 0) is 4.74 Å². The van der Waals surface area contributed by atoms with Gasteiger partial charge in [-0.25, -0.2) is 0 Å². The third kappa shape index (κ3) is 5.41. The minimum atomic E-state index is 0.0982. The van der Waals surface area contributed by atoms with Crippen LogP contribution in [0.1, 0.15) is 38.9 Å². The molecule has 2 unspecified atom stereocenters. The molecule has 1 aromatic rings. The molecule has 3 heteroatoms. The number of ether oxygens (including phenoxy) is 1. The minimum absolute atomic E-state index is 0.0982. The van der Waals surface area contributed by atoms with E-state index in [1.807, 2.05) is 24.3 Å². The summed E-state index contributed by atoms with van der Waals surface area (Å²) in [5.74, 6) is 0.659. The normalized spacial score (nSPS) is 14.9. The van der Waals surface area contributed by atoms with Crippen molar-refractivity contribution in [2.24, 2.45) is 5.92 Å². The SMILES string of the molecule is CC(C)CC(C)OC(CBr)c1ccc(Cl)cc1. The molecule has 0 spiro atoms. The summed E-state index contributed by atoms with van der Waals surface area (Å²) in [7, 11) is 0. The van der Waals surface area contributed by atoms with E-state index >= 15 is 0 Å². The largest absolute Gasteiger partial charge is 0.370 e. The Kier molecular flexibility index (Phi) is 6.53. The average Bonchev–Trinajstić information content (AvgIpc) is 2.26. The van der Waals surface area contributed by atoms with E-state index in [4.69, 9.17) is 16.3 Å². The molecule has 0 saturated carbocycles. The highest BCUT2D eigenvalue weighted by atomic mass is 79.9. The minimum Gasteiger partial charge on any atom is -0.370 e. The van der Waals surface area contributed by atoms with Crippen LogP contribution in [0.15, 0.2) is 24.3 Å². The Morgan fingerprint density at radius 2 is 1.76 bits per heavy atom. The smallest absolute Gasteiger partial charge is 0.0925 e. The summed E-state index contributed by atoms with van der Waals surface area (Å²) in [6.07, 6.45) is 1.45. The summed E-state index contributed by atoms with van der Waals surface area (Å²) in [6.45, 7) is 6.56. The van der Waals surface area contributed by atoms with Crippen LogP contribution >= 0.6 is 27.5 Å². The third-order valence-corrected chi connectivity index (χ3v) is 3.42. The second-order valence-corrected chi connectivity index (χ2v) is 5.85. The van der Waals surface area contributed by atoms with Crippen molar-refractivity contribution in [1.29, 1.82) is 0 Å². The van der Waals surface area contributed by atoms with Gasteiger partial charge in [-0.3, -0.25) is 0 Å². The van der Waals surface area contributed by atoms with E-state index in [0.717, 1.165) is 16.8 Å². The highest BCUT2D eigenvalue weighted by Crippen LogP contribution is 2.24. The molecule has 0 aromatic heterocycles. The van der Waals surface area contributed by atoms with Crippen molar-refractivity contribution < 1.29 is 4.74 Å². The van der Waals surface area contributed by atoms with Crippen LogP contribution in [0.3, 0.4) is 0 Å². The molecule has 1 rings (SSSR count). The molecule has 0 aliphatic rings. The lowest BCUT2D eigenvalue weighted by atomic mass is 10.1. The van der Waals surface area contributed by atoms with Crippen molar-refractivity contribution in [2.75, 3.05) is 5.33 Å². The Morgan fingerprint density at radius 1 is 1.18 bits per heavy atom. The number of benzene rings is 1. The zero-order chi connectivity index (χ0) is 12.8. The lowest BCUT2D eigenvalue weighted by molar-refractivity contribution is -0.00000565. The van der Waals surface area contributed by atoms with Gasteiger partial charge in [0, 0.05) is 10.4 Å². The number of hydrogen-bond donors (Lipinski definition) is 0. The molecular weight excluding hydrogens is 300 g/mol. The molecule has 0 bridgehead atoms. The Hall–Kier alpha value is -0.0500. The molecule has 2 atom stereocenters. The fourth-order valence-corrected chi connectivity index (χ4v) is 2.53. The van der Waals surface area contributed by atoms with Crippen LogP contribution in [-0.4, -0.2) is 11.4 Å². The van der Waals surface area contributed by atoms with Gasteiger partial charge in [0.25, 0.3) is 0 Å². The van der Waals surface area contributed by atoms with Crippen molar-refractivity contribution in [3.63, 3.8) is 0 Å². The van der Waals surface area contributed by atoms with Crippen LogP contribution in [0.25, 0.3) is 0 Å². The predicted molar refractivity (Wildman–Crippen MR) is 78.0 cm³/mol. The van der Waals surface area contributed by atoms with Crippen LogP contribution in [0.2, 0.25) is 5.02 Å². The van der Waals surface area contributed by atoms with Crippen LogP contribution in [0.5, 0.6) is 0 Å². The number of rotatable bonds is 6. The van der Waals surface area contributed by atoms with Gasteiger partial charge >= 0.3 is 0 Å². The van der Waals surface area contributed by atoms with Gasteiger partial charge in [0.15, 0.2) is 0 Å². The van der Waals surface area contributed by atoms with Crippen molar-refractivity contribution in [3.8, 4) is 0 Å². The Bertz CT molecular complexity index is 323. The number of hydrogen-bond acceptors (Lipinski definition) is 1. The quantitative estimate of drug-likeness (QED) is 0.653. The van der Waals surface area contributed by atoms with Gasteiger partial charge in [0.1, 0.15) is 0 Å². The molecule has 0 heterocycles. The molecule has 0 saturated heterocycles. The van der Waals surface area contributed by atoms with Gasteiger partial charge in [-0.15, -0.1) is 0 Å². The van der Waals surface area contributed by atoms with Gasteiger partial charge < -0.3 is 4.74 Å². The molecular formula is C14H20BrClO. The maximum atomic E-state index is 6.05. The number of halogens is 2. The summed E-state index contributed by atoms with van der Waals surface area (Å²) >= 11 is 9.39. The second-order valence-electron chi connectivity index (χ2n) is 4.77. The first-order chi connectivity index (χ1) is 8.02. The first kappa shape index (κ1) is 15.0. The first-order valence-electron chi connectivity index (χ1n) is 5.99. The lowest BCUT2D eigenvalue weighted by Crippen LogP contribution is -2.16. The summed E-state index contributed by atoms with van der Waals surface area (Å²) in [6, 6.07) is 7.86. The molecule has 0 aliphatic carbocycles. The van der Waals surface area contributed by atoms with Gasteiger partial charge in [0.2, 0.25) is 0 Å². The number of alkyl halides is 1. The summed E-state index contributed by atoms with van der Waals surface area (Å²) < 4.78 is 6.05. The Morgan fingerprint density at radius 3 is 2.24 bits per heavy atom. The highest BCUT2D eigenvalue weighted by Gasteiger charge is 2.15. The van der Waals surface area contributed by atoms with Crippen molar-refractivity contribution in [1.82, 2.24) is 0 Å². The molecule has 1 nitrogen and oxygen atoms in total. The van der Waals surface area contributed by atoms with E-state index in [0.29, 0.717) is 5.92 Å². The van der Waals surface area contributed by atoms with Crippen molar-refractivity contribution in [3.05, 3.63) is 34.9 Å². The topological polar surface area (TPSA) is 9.23 Å². The van der Waals surface area contributed by atoms with Gasteiger partial charge in [0.05, 0.1) is 12.2 Å². The van der Waals surface area contributed by atoms with E-state index in [9.17, 15) is 0 Å². The Labute approximate surface area is 118 Å². The zero-order valence-electron chi connectivity index (χ0n) is 10.6. The molecule has 0 amide bonds. The third-order valence-electron chi connectivity index (χ3n) is 2.58. The highest BCUT2D eigenvalue weighted by molar-refractivity contribution is 9.09. The van der Waals surface area contributed by atoms with E-state index in [2.05, 4.69) is 36.7 Å². The van der Waals surface area contributed by atoms with Crippen LogP contribution in [0, 0.1) is 5.92 Å². The van der Waals surface area contributed by atoms with E-state index in [1.54, 1.807) is 0 Å². The van der Waals surface area contributed by atoms with Crippen LogP contribution < -0.4 is 0 Å². The molecule has 0 radical (unpaired) electrons. The maximum Gasteiger partial charge on any atom is 0.0925 e. The standard InChI is InChI=1S/C14H20BrClO/c1-10(2)8-11(3)17-14(9-15)12-4-6-13(16)7-5-12/h4-7,10-11,14H,8-9H2,1-3H3. The summed E-state index contributed by atoms with van der Waals surface area (Å²) in [4.78, 5) is 0. The first-order valence-corrected chi connectivity index (χ1v) is 7.49. The zero-order valence-corrected chi connectivity index (χ0v) is 13.0. The van der Waals surface area contributed by atoms with Gasteiger partial charge in [-0.2, -0.15) is 0 Å². The van der Waals surface area contributed by atoms with Crippen molar-refractivity contribution >= 4 is 27.5 Å². The lowest BCUT2D eigenvalue weighted by Gasteiger charge is -2.22. The summed E-state index contributed by atoms with van der Waals surface area (Å²) in [5.41, 5.74) is 1.17. The average molecular weight is 320 g/mol. The molecule has 0 fully saturated rings. The van der Waals surface area contributed by atoms with Gasteiger partial charge in [-0.1, -0.05) is 53.5 Å². The second kappa shape index (κ2) is 7.40. The Balaban J connectivity index is 2.62. The van der Waals surface area contributed by atoms with Gasteiger partial charge in [-0.05, 0) is 37.0 Å². The fraction of sp³-hybridized carbons (Fsp3) is 0.571. The van der Waals surface area contributed by atoms with Crippen LogP contribution in [0.4, 0.5) is 0 Å². The maximum absolute atomic E-state index is 6.05.